The molecule has 3 nitrogen and oxygen atoms in total. The molecule has 0 fully saturated rings. The molecule has 0 saturated carbocycles. The fourth-order valence-corrected chi connectivity index (χ4v) is 1.47. The van der Waals surface area contributed by atoms with Gasteiger partial charge in [0.15, 0.2) is 0 Å². The molecule has 0 aromatic heterocycles. The number of hydrogen-bond acceptors (Lipinski definition) is 2. The molecule has 1 aliphatic carbocycles. The number of carbonyl (C=O) groups is 1. The van der Waals surface area contributed by atoms with Gasteiger partial charge in [-0.1, -0.05) is 35.4 Å². The van der Waals surface area contributed by atoms with Crippen LogP contribution in [0, 0.1) is 0 Å². The predicted octanol–water partition coefficient (Wildman–Crippen LogP) is 2.36. The Morgan fingerprint density at radius 1 is 1.73 bits per heavy atom. The summed E-state index contributed by atoms with van der Waals surface area (Å²) >= 11 is 11.6. The Morgan fingerprint density at radius 3 is 2.80 bits per heavy atom. The Bertz CT molecular complexity index is 315. The lowest BCUT2D eigenvalue weighted by atomic mass is 10.00. The summed E-state index contributed by atoms with van der Waals surface area (Å²) in [4.78, 5) is 10.5. The van der Waals surface area contributed by atoms with Crippen LogP contribution in [0.2, 0.25) is 0 Å². The fourth-order valence-electron chi connectivity index (χ4n) is 1.19. The van der Waals surface area contributed by atoms with Crippen molar-refractivity contribution in [2.75, 3.05) is 0 Å². The molecule has 1 rings (SSSR count). The van der Waals surface area contributed by atoms with Gasteiger partial charge in [-0.2, -0.15) is 0 Å². The minimum Gasteiger partial charge on any atom is -0.480 e. The lowest BCUT2D eigenvalue weighted by molar-refractivity contribution is -0.140. The highest BCUT2D eigenvalue weighted by molar-refractivity contribution is 6.50. The van der Waals surface area contributed by atoms with Gasteiger partial charge in [-0.15, -0.1) is 10.0 Å². The average molecular weight is 254 g/mol. The average Bonchev–Trinajstić information content (AvgIpc) is 2.15. The molecule has 15 heavy (non-hydrogen) atoms. The molecule has 2 N–H and O–H groups in total. The van der Waals surface area contributed by atoms with Gasteiger partial charge in [-0.05, 0) is 11.6 Å². The van der Waals surface area contributed by atoms with Gasteiger partial charge in [-0.25, -0.2) is 0 Å². The molecule has 1 aliphatic rings. The topological polar surface area (TPSA) is 49.3 Å². The zero-order chi connectivity index (χ0) is 11.5. The van der Waals surface area contributed by atoms with Gasteiger partial charge in [0.2, 0.25) is 0 Å². The van der Waals surface area contributed by atoms with E-state index in [0.29, 0.717) is 12.0 Å². The molecule has 0 unspecified atom stereocenters. The number of alkyl halides is 2. The molecule has 1 atom stereocenters. The standard InChI is InChI=1S/C9H10Cl2FNO2/c10-9(11)3-1-6(2-4-9)5-7(13-12)8(14)15/h1-3,7,13H,4-5H2,(H,14,15)/t7-/m0/s1. The van der Waals surface area contributed by atoms with E-state index in [4.69, 9.17) is 28.3 Å². The first kappa shape index (κ1) is 12.5. The number of halogens is 3. The summed E-state index contributed by atoms with van der Waals surface area (Å²) in [5.41, 5.74) is 1.93. The molecule has 6 heteroatoms. The minimum atomic E-state index is -1.24. The normalized spacial score (nSPS) is 20.9. The van der Waals surface area contributed by atoms with Crippen molar-refractivity contribution >= 4 is 29.2 Å². The van der Waals surface area contributed by atoms with Crippen molar-refractivity contribution in [3.05, 3.63) is 23.8 Å². The molecule has 0 heterocycles. The Labute approximate surface area is 96.5 Å². The number of rotatable bonds is 4. The van der Waals surface area contributed by atoms with Crippen LogP contribution in [0.15, 0.2) is 23.8 Å². The molecule has 0 spiro atoms. The summed E-state index contributed by atoms with van der Waals surface area (Å²) in [5.74, 6) is -1.24. The second kappa shape index (κ2) is 4.96. The number of carboxylic acid groups (broad SMARTS) is 1. The minimum absolute atomic E-state index is 0.0617. The third kappa shape index (κ3) is 3.81. The van der Waals surface area contributed by atoms with Crippen LogP contribution in [0.3, 0.4) is 0 Å². The van der Waals surface area contributed by atoms with E-state index in [1.54, 1.807) is 18.2 Å². The van der Waals surface area contributed by atoms with Crippen molar-refractivity contribution in [2.24, 2.45) is 0 Å². The maximum atomic E-state index is 12.1. The van der Waals surface area contributed by atoms with Crippen molar-refractivity contribution in [1.29, 1.82) is 0 Å². The van der Waals surface area contributed by atoms with E-state index in [9.17, 15) is 9.28 Å². The SMILES string of the molecule is O=C(O)[C@H](CC1=CCC(Cl)(Cl)C=C1)NF. The Balaban J connectivity index is 2.58. The molecule has 0 aliphatic heterocycles. The highest BCUT2D eigenvalue weighted by Crippen LogP contribution is 2.32. The van der Waals surface area contributed by atoms with Gasteiger partial charge < -0.3 is 5.11 Å². The Hall–Kier alpha value is -0.580. The third-order valence-electron chi connectivity index (χ3n) is 2.05. The number of hydrogen-bond donors (Lipinski definition) is 2. The monoisotopic (exact) mass is 253 g/mol. The molecule has 0 saturated heterocycles. The Morgan fingerprint density at radius 2 is 2.40 bits per heavy atom. The highest BCUT2D eigenvalue weighted by atomic mass is 35.5. The van der Waals surface area contributed by atoms with Crippen LogP contribution in [0.5, 0.6) is 0 Å². The first-order valence-corrected chi connectivity index (χ1v) is 5.05. The van der Waals surface area contributed by atoms with Crippen LogP contribution in [-0.4, -0.2) is 21.5 Å². The second-order valence-electron chi connectivity index (χ2n) is 3.28. The van der Waals surface area contributed by atoms with Crippen LogP contribution in [0.4, 0.5) is 4.48 Å². The van der Waals surface area contributed by atoms with Crippen LogP contribution >= 0.6 is 23.2 Å². The smallest absolute Gasteiger partial charge is 0.323 e. The van der Waals surface area contributed by atoms with Crippen molar-refractivity contribution < 1.29 is 14.4 Å². The van der Waals surface area contributed by atoms with Crippen LogP contribution < -0.4 is 5.54 Å². The summed E-state index contributed by atoms with van der Waals surface area (Å²) in [6, 6.07) is -1.24. The van der Waals surface area contributed by atoms with Gasteiger partial charge in [-0.3, -0.25) is 4.79 Å². The lowest BCUT2D eigenvalue weighted by Crippen LogP contribution is -2.31. The summed E-state index contributed by atoms with van der Waals surface area (Å²) < 4.78 is 11.1. The molecule has 0 radical (unpaired) electrons. The third-order valence-corrected chi connectivity index (χ3v) is 2.61. The van der Waals surface area contributed by atoms with Gasteiger partial charge in [0.1, 0.15) is 10.4 Å². The molecule has 0 aromatic carbocycles. The van der Waals surface area contributed by atoms with E-state index in [2.05, 4.69) is 0 Å². The van der Waals surface area contributed by atoms with Gasteiger partial charge in [0.05, 0.1) is 0 Å². The zero-order valence-electron chi connectivity index (χ0n) is 7.71. The number of carboxylic acids is 1. The highest BCUT2D eigenvalue weighted by Gasteiger charge is 2.24. The zero-order valence-corrected chi connectivity index (χ0v) is 9.22. The van der Waals surface area contributed by atoms with Crippen molar-refractivity contribution in [1.82, 2.24) is 5.54 Å². The first-order chi connectivity index (χ1) is 6.94. The fraction of sp³-hybridized carbons (Fsp3) is 0.444. The molecular weight excluding hydrogens is 244 g/mol. The largest absolute Gasteiger partial charge is 0.480 e. The van der Waals surface area contributed by atoms with Crippen LogP contribution in [-0.2, 0) is 4.79 Å². The van der Waals surface area contributed by atoms with Crippen molar-refractivity contribution in [3.63, 3.8) is 0 Å². The van der Waals surface area contributed by atoms with E-state index < -0.39 is 16.3 Å². The van der Waals surface area contributed by atoms with E-state index in [-0.39, 0.29) is 6.42 Å². The van der Waals surface area contributed by atoms with E-state index in [1.807, 2.05) is 0 Å². The van der Waals surface area contributed by atoms with E-state index >= 15 is 0 Å². The van der Waals surface area contributed by atoms with Crippen LogP contribution in [0.1, 0.15) is 12.8 Å². The molecule has 0 bridgehead atoms. The maximum Gasteiger partial charge on any atom is 0.323 e. The van der Waals surface area contributed by atoms with Gasteiger partial charge in [0.25, 0.3) is 0 Å². The lowest BCUT2D eigenvalue weighted by Gasteiger charge is -2.19. The first-order valence-electron chi connectivity index (χ1n) is 4.29. The molecule has 0 aromatic rings. The number of allylic oxidation sites excluding steroid dienone is 3. The van der Waals surface area contributed by atoms with E-state index in [1.165, 1.54) is 5.54 Å². The second-order valence-corrected chi connectivity index (χ2v) is 4.82. The number of aliphatic carboxylic acids is 1. The summed E-state index contributed by atoms with van der Waals surface area (Å²) in [6.07, 6.45) is 5.32. The molecule has 0 amide bonds. The molecule has 84 valence electrons. The van der Waals surface area contributed by atoms with Crippen molar-refractivity contribution in [2.45, 2.75) is 23.2 Å². The van der Waals surface area contributed by atoms with Gasteiger partial charge in [0, 0.05) is 12.8 Å². The van der Waals surface area contributed by atoms with Gasteiger partial charge >= 0.3 is 5.97 Å². The van der Waals surface area contributed by atoms with Crippen LogP contribution in [0.25, 0.3) is 0 Å². The summed E-state index contributed by atoms with van der Waals surface area (Å²) in [6.45, 7) is 0. The quantitative estimate of drug-likeness (QED) is 0.598. The summed E-state index contributed by atoms with van der Waals surface area (Å²) in [7, 11) is 0. The number of nitrogens with one attached hydrogen (secondary N) is 1. The maximum absolute atomic E-state index is 12.1. The van der Waals surface area contributed by atoms with E-state index in [0.717, 1.165) is 0 Å². The summed E-state index contributed by atoms with van der Waals surface area (Å²) in [5, 5.41) is 8.60. The van der Waals surface area contributed by atoms with Crippen molar-refractivity contribution in [3.8, 4) is 0 Å². The molecular formula is C9H10Cl2FNO2. The predicted molar refractivity (Wildman–Crippen MR) is 56.6 cm³/mol. The Kier molecular flexibility index (Phi) is 4.13.